The van der Waals surface area contributed by atoms with Crippen LogP contribution in [0.3, 0.4) is 0 Å². The molecule has 5 atom stereocenters. The fourth-order valence-corrected chi connectivity index (χ4v) is 5.37. The third-order valence-corrected chi connectivity index (χ3v) is 6.22. The van der Waals surface area contributed by atoms with Gasteiger partial charge in [-0.15, -0.1) is 0 Å². The molecule has 2 heteroatoms. The summed E-state index contributed by atoms with van der Waals surface area (Å²) in [5, 5.41) is 11.3. The molecule has 2 nitrogen and oxygen atoms in total. The van der Waals surface area contributed by atoms with Crippen molar-refractivity contribution in [2.45, 2.75) is 63.9 Å². The second-order valence-electron chi connectivity index (χ2n) is 7.19. The van der Waals surface area contributed by atoms with E-state index in [-0.39, 0.29) is 5.41 Å². The summed E-state index contributed by atoms with van der Waals surface area (Å²) in [6.07, 6.45) is 9.81. The number of fused-ring (bicyclic) bond motifs is 2. The molecule has 0 aromatic rings. The second-order valence-corrected chi connectivity index (χ2v) is 7.19. The van der Waals surface area contributed by atoms with Crippen LogP contribution in [-0.2, 0) is 0 Å². The quantitative estimate of drug-likeness (QED) is 0.775. The van der Waals surface area contributed by atoms with E-state index in [4.69, 9.17) is 5.73 Å². The number of rotatable bonds is 2. The molecule has 0 aromatic carbocycles. The van der Waals surface area contributed by atoms with E-state index < -0.39 is 5.60 Å². The van der Waals surface area contributed by atoms with Crippen LogP contribution in [0.1, 0.15) is 58.3 Å². The van der Waals surface area contributed by atoms with Crippen LogP contribution in [0.2, 0.25) is 0 Å². The number of nitrogens with two attached hydrogens (primary N) is 1. The van der Waals surface area contributed by atoms with Crippen LogP contribution in [0, 0.1) is 23.2 Å². The van der Waals surface area contributed by atoms with Gasteiger partial charge in [0.15, 0.2) is 0 Å². The SMILES string of the molecule is CC1CCCC(CN)(C2(O)CC3CCC2C3)C1. The Morgan fingerprint density at radius 2 is 2.06 bits per heavy atom. The minimum atomic E-state index is -0.417. The Hall–Kier alpha value is -0.0800. The Morgan fingerprint density at radius 3 is 2.59 bits per heavy atom. The van der Waals surface area contributed by atoms with Crippen LogP contribution in [0.15, 0.2) is 0 Å². The van der Waals surface area contributed by atoms with Crippen LogP contribution in [0.5, 0.6) is 0 Å². The standard InChI is InChI=1S/C15H27NO/c1-11-3-2-6-14(8-11,10-16)15(17)9-12-4-5-13(15)7-12/h11-13,17H,2-10,16H2,1H3. The third kappa shape index (κ3) is 1.60. The van der Waals surface area contributed by atoms with Crippen molar-refractivity contribution in [2.24, 2.45) is 28.9 Å². The highest BCUT2D eigenvalue weighted by atomic mass is 16.3. The van der Waals surface area contributed by atoms with Crippen molar-refractivity contribution in [1.29, 1.82) is 0 Å². The molecular formula is C15H27NO. The van der Waals surface area contributed by atoms with Crippen LogP contribution < -0.4 is 5.73 Å². The normalized spacial score (nSPS) is 54.2. The third-order valence-electron chi connectivity index (χ3n) is 6.22. The van der Waals surface area contributed by atoms with Crippen molar-refractivity contribution in [3.63, 3.8) is 0 Å². The van der Waals surface area contributed by atoms with E-state index in [1.165, 1.54) is 32.1 Å². The Kier molecular flexibility index (Phi) is 2.79. The number of hydrogen-bond donors (Lipinski definition) is 2. The average Bonchev–Trinajstić information content (AvgIpc) is 2.89. The summed E-state index contributed by atoms with van der Waals surface area (Å²) >= 11 is 0. The van der Waals surface area contributed by atoms with Gasteiger partial charge >= 0.3 is 0 Å². The summed E-state index contributed by atoms with van der Waals surface area (Å²) in [7, 11) is 0. The smallest absolute Gasteiger partial charge is 0.0746 e. The fraction of sp³-hybridized carbons (Fsp3) is 1.00. The number of aliphatic hydroxyl groups is 1. The van der Waals surface area contributed by atoms with Crippen molar-refractivity contribution < 1.29 is 5.11 Å². The lowest BCUT2D eigenvalue weighted by Crippen LogP contribution is -2.57. The minimum absolute atomic E-state index is 0.0461. The largest absolute Gasteiger partial charge is 0.389 e. The maximum absolute atomic E-state index is 11.3. The van der Waals surface area contributed by atoms with Gasteiger partial charge in [-0.2, -0.15) is 0 Å². The number of hydrogen-bond acceptors (Lipinski definition) is 2. The lowest BCUT2D eigenvalue weighted by molar-refractivity contribution is -0.141. The molecule has 98 valence electrons. The highest BCUT2D eigenvalue weighted by molar-refractivity contribution is 5.12. The Labute approximate surface area is 105 Å². The van der Waals surface area contributed by atoms with Crippen LogP contribution >= 0.6 is 0 Å². The molecule has 2 bridgehead atoms. The molecule has 3 saturated carbocycles. The molecule has 3 rings (SSSR count). The fourth-order valence-electron chi connectivity index (χ4n) is 5.37. The van der Waals surface area contributed by atoms with Gasteiger partial charge in [0.1, 0.15) is 0 Å². The van der Waals surface area contributed by atoms with E-state index in [1.54, 1.807) is 0 Å². The van der Waals surface area contributed by atoms with Crippen molar-refractivity contribution in [3.05, 3.63) is 0 Å². The summed E-state index contributed by atoms with van der Waals surface area (Å²) in [4.78, 5) is 0. The van der Waals surface area contributed by atoms with Gasteiger partial charge in [0.2, 0.25) is 0 Å². The van der Waals surface area contributed by atoms with Crippen molar-refractivity contribution in [3.8, 4) is 0 Å². The first-order valence-electron chi connectivity index (χ1n) is 7.52. The van der Waals surface area contributed by atoms with Crippen LogP contribution in [-0.4, -0.2) is 17.3 Å². The summed E-state index contributed by atoms with van der Waals surface area (Å²) < 4.78 is 0. The molecule has 3 aliphatic carbocycles. The van der Waals surface area contributed by atoms with Crippen LogP contribution in [0.4, 0.5) is 0 Å². The van der Waals surface area contributed by atoms with Gasteiger partial charge in [-0.1, -0.05) is 19.8 Å². The van der Waals surface area contributed by atoms with Gasteiger partial charge in [0.05, 0.1) is 5.60 Å². The van der Waals surface area contributed by atoms with Gasteiger partial charge in [0, 0.05) is 12.0 Å². The maximum atomic E-state index is 11.3. The second kappa shape index (κ2) is 3.96. The molecule has 0 heterocycles. The average molecular weight is 237 g/mol. The molecule has 0 radical (unpaired) electrons. The van der Waals surface area contributed by atoms with E-state index >= 15 is 0 Å². The molecule has 17 heavy (non-hydrogen) atoms. The van der Waals surface area contributed by atoms with Gasteiger partial charge < -0.3 is 10.8 Å². The van der Waals surface area contributed by atoms with Gasteiger partial charge in [-0.25, -0.2) is 0 Å². The molecule has 5 unspecified atom stereocenters. The van der Waals surface area contributed by atoms with E-state index in [2.05, 4.69) is 6.92 Å². The first kappa shape index (κ1) is 12.0. The van der Waals surface area contributed by atoms with Crippen molar-refractivity contribution in [2.75, 3.05) is 6.54 Å². The van der Waals surface area contributed by atoms with Crippen molar-refractivity contribution >= 4 is 0 Å². The zero-order valence-electron chi connectivity index (χ0n) is 11.1. The zero-order chi connectivity index (χ0) is 12.1. The lowest BCUT2D eigenvalue weighted by Gasteiger charge is -2.53. The zero-order valence-corrected chi connectivity index (χ0v) is 11.1. The minimum Gasteiger partial charge on any atom is -0.389 e. The molecule has 3 aliphatic rings. The summed E-state index contributed by atoms with van der Waals surface area (Å²) in [6, 6.07) is 0. The lowest BCUT2D eigenvalue weighted by atomic mass is 9.56. The van der Waals surface area contributed by atoms with E-state index in [0.29, 0.717) is 12.5 Å². The topological polar surface area (TPSA) is 46.2 Å². The molecular weight excluding hydrogens is 210 g/mol. The predicted octanol–water partition coefficient (Wildman–Crippen LogP) is 2.69. The predicted molar refractivity (Wildman–Crippen MR) is 69.5 cm³/mol. The van der Waals surface area contributed by atoms with Crippen LogP contribution in [0.25, 0.3) is 0 Å². The molecule has 0 saturated heterocycles. The Balaban J connectivity index is 1.89. The molecule has 3 N–H and O–H groups in total. The molecule has 0 spiro atoms. The first-order valence-corrected chi connectivity index (χ1v) is 7.52. The van der Waals surface area contributed by atoms with E-state index in [1.807, 2.05) is 0 Å². The van der Waals surface area contributed by atoms with Gasteiger partial charge in [-0.05, 0) is 56.3 Å². The van der Waals surface area contributed by atoms with E-state index in [9.17, 15) is 5.11 Å². The molecule has 0 aromatic heterocycles. The molecule has 0 aliphatic heterocycles. The molecule has 3 fully saturated rings. The highest BCUT2D eigenvalue weighted by Crippen LogP contribution is 2.61. The summed E-state index contributed by atoms with van der Waals surface area (Å²) in [6.45, 7) is 3.02. The summed E-state index contributed by atoms with van der Waals surface area (Å²) in [5.74, 6) is 2.10. The first-order chi connectivity index (χ1) is 8.10. The monoisotopic (exact) mass is 237 g/mol. The summed E-state index contributed by atoms with van der Waals surface area (Å²) in [5.41, 5.74) is 5.77. The van der Waals surface area contributed by atoms with Gasteiger partial charge in [0.25, 0.3) is 0 Å². The molecule has 0 amide bonds. The maximum Gasteiger partial charge on any atom is 0.0746 e. The van der Waals surface area contributed by atoms with Crippen molar-refractivity contribution in [1.82, 2.24) is 0 Å². The van der Waals surface area contributed by atoms with E-state index in [0.717, 1.165) is 31.1 Å². The highest BCUT2D eigenvalue weighted by Gasteiger charge is 2.60. The Bertz CT molecular complexity index is 305. The van der Waals surface area contributed by atoms with Gasteiger partial charge in [-0.3, -0.25) is 0 Å². The Morgan fingerprint density at radius 1 is 1.24 bits per heavy atom.